The molecule has 8 heteroatoms. The molecule has 0 aliphatic carbocycles. The van der Waals surface area contributed by atoms with E-state index in [4.69, 9.17) is 25.8 Å². The summed E-state index contributed by atoms with van der Waals surface area (Å²) in [5.41, 5.74) is 0.419. The Morgan fingerprint density at radius 2 is 1.92 bits per heavy atom. The van der Waals surface area contributed by atoms with Gasteiger partial charge in [0.2, 0.25) is 0 Å². The van der Waals surface area contributed by atoms with E-state index >= 15 is 0 Å². The zero-order valence-corrected chi connectivity index (χ0v) is 14.9. The average Bonchev–Trinajstić information content (AvgIpc) is 2.63. The van der Waals surface area contributed by atoms with E-state index in [-0.39, 0.29) is 17.0 Å². The minimum Gasteiger partial charge on any atom is -0.497 e. The van der Waals surface area contributed by atoms with Gasteiger partial charge in [0.1, 0.15) is 17.3 Å². The van der Waals surface area contributed by atoms with Gasteiger partial charge < -0.3 is 19.5 Å². The van der Waals surface area contributed by atoms with Crippen molar-refractivity contribution in [1.29, 1.82) is 0 Å². The largest absolute Gasteiger partial charge is 0.497 e. The quantitative estimate of drug-likeness (QED) is 0.745. The van der Waals surface area contributed by atoms with Crippen LogP contribution in [0.2, 0.25) is 5.02 Å². The van der Waals surface area contributed by atoms with Gasteiger partial charge in [-0.3, -0.25) is 9.59 Å². The Labute approximate surface area is 154 Å². The van der Waals surface area contributed by atoms with Crippen LogP contribution < -0.4 is 14.8 Å². The minimum atomic E-state index is -0.770. The van der Waals surface area contributed by atoms with Gasteiger partial charge in [-0.2, -0.15) is 0 Å². The highest BCUT2D eigenvalue weighted by Crippen LogP contribution is 2.28. The normalized spacial score (nSPS) is 10.2. The average molecular weight is 382 g/mol. The Balaban J connectivity index is 1.91. The molecule has 138 valence electrons. The number of benzene rings is 2. The molecule has 0 aliphatic rings. The Bertz CT molecular complexity index is 792. The maximum Gasteiger partial charge on any atom is 0.310 e. The van der Waals surface area contributed by atoms with Crippen LogP contribution in [-0.2, 0) is 20.7 Å². The third-order valence-electron chi connectivity index (χ3n) is 3.43. The van der Waals surface area contributed by atoms with Crippen molar-refractivity contribution in [1.82, 2.24) is 0 Å². The third kappa shape index (κ3) is 5.10. The number of hydrogen-bond donors (Lipinski definition) is 1. The number of amides is 1. The smallest absolute Gasteiger partial charge is 0.310 e. The highest BCUT2D eigenvalue weighted by molar-refractivity contribution is 6.31. The molecule has 0 saturated carbocycles. The lowest BCUT2D eigenvalue weighted by atomic mass is 10.1. The fraction of sp³-hybridized carbons (Fsp3) is 0.222. The summed E-state index contributed by atoms with van der Waals surface area (Å²) in [4.78, 5) is 23.8. The summed E-state index contributed by atoms with van der Waals surface area (Å²) in [7, 11) is 2.96. The molecule has 0 bridgehead atoms. The second-order valence-corrected chi connectivity index (χ2v) is 5.56. The van der Waals surface area contributed by atoms with E-state index in [9.17, 15) is 14.0 Å². The number of rotatable bonds is 7. The predicted molar refractivity (Wildman–Crippen MR) is 94.2 cm³/mol. The molecule has 1 N–H and O–H groups in total. The van der Waals surface area contributed by atoms with Gasteiger partial charge in [0.25, 0.3) is 5.91 Å². The second-order valence-electron chi connectivity index (χ2n) is 5.15. The van der Waals surface area contributed by atoms with Crippen LogP contribution >= 0.6 is 11.6 Å². The summed E-state index contributed by atoms with van der Waals surface area (Å²) in [6.45, 7) is -0.528. The Hall–Kier alpha value is -2.80. The molecule has 1 amide bonds. The van der Waals surface area contributed by atoms with Crippen molar-refractivity contribution in [2.75, 3.05) is 26.1 Å². The topological polar surface area (TPSA) is 73.9 Å². The third-order valence-corrected chi connectivity index (χ3v) is 3.78. The number of methoxy groups -OCH3 is 2. The molecule has 0 heterocycles. The van der Waals surface area contributed by atoms with Gasteiger partial charge in [-0.05, 0) is 24.3 Å². The van der Waals surface area contributed by atoms with Crippen LogP contribution in [0.5, 0.6) is 11.5 Å². The van der Waals surface area contributed by atoms with Crippen molar-refractivity contribution in [2.45, 2.75) is 6.42 Å². The molecule has 0 fully saturated rings. The number of nitrogens with one attached hydrogen (secondary N) is 1. The summed E-state index contributed by atoms with van der Waals surface area (Å²) in [6.07, 6.45) is -0.370. The molecule has 0 aromatic heterocycles. The van der Waals surface area contributed by atoms with E-state index in [1.807, 2.05) is 0 Å². The van der Waals surface area contributed by atoms with E-state index in [0.717, 1.165) is 0 Å². The first-order valence-electron chi connectivity index (χ1n) is 7.55. The second kappa shape index (κ2) is 9.05. The van der Waals surface area contributed by atoms with Crippen molar-refractivity contribution in [3.8, 4) is 11.5 Å². The van der Waals surface area contributed by atoms with Crippen molar-refractivity contribution in [3.63, 3.8) is 0 Å². The minimum absolute atomic E-state index is 0.0244. The van der Waals surface area contributed by atoms with Crippen molar-refractivity contribution >= 4 is 29.2 Å². The molecule has 2 rings (SSSR count). The van der Waals surface area contributed by atoms with E-state index in [2.05, 4.69) is 5.32 Å². The number of carbonyl (C=O) groups excluding carboxylic acids is 2. The predicted octanol–water partition coefficient (Wildman–Crippen LogP) is 3.22. The summed E-state index contributed by atoms with van der Waals surface area (Å²) in [5.74, 6) is -0.993. The summed E-state index contributed by atoms with van der Waals surface area (Å²) < 4.78 is 28.7. The van der Waals surface area contributed by atoms with Crippen LogP contribution in [0.15, 0.2) is 36.4 Å². The van der Waals surface area contributed by atoms with Crippen molar-refractivity contribution < 1.29 is 28.2 Å². The Kier molecular flexibility index (Phi) is 6.80. The molecular weight excluding hydrogens is 365 g/mol. The number of halogens is 2. The fourth-order valence-corrected chi connectivity index (χ4v) is 2.36. The van der Waals surface area contributed by atoms with E-state index < -0.39 is 24.3 Å². The van der Waals surface area contributed by atoms with E-state index in [1.165, 1.54) is 32.4 Å². The van der Waals surface area contributed by atoms with Gasteiger partial charge in [-0.15, -0.1) is 0 Å². The van der Waals surface area contributed by atoms with Gasteiger partial charge in [-0.1, -0.05) is 17.7 Å². The first kappa shape index (κ1) is 19.5. The molecule has 0 aliphatic heterocycles. The fourth-order valence-electron chi connectivity index (χ4n) is 2.13. The molecule has 0 radical (unpaired) electrons. The lowest BCUT2D eigenvalue weighted by Crippen LogP contribution is -2.22. The lowest BCUT2D eigenvalue weighted by Gasteiger charge is -2.12. The molecule has 0 spiro atoms. The molecule has 26 heavy (non-hydrogen) atoms. The van der Waals surface area contributed by atoms with Gasteiger partial charge >= 0.3 is 5.97 Å². The maximum atomic E-state index is 13.6. The first-order valence-corrected chi connectivity index (χ1v) is 7.92. The van der Waals surface area contributed by atoms with E-state index in [0.29, 0.717) is 17.2 Å². The zero-order valence-electron chi connectivity index (χ0n) is 14.2. The number of anilines is 1. The van der Waals surface area contributed by atoms with Crippen LogP contribution in [-0.4, -0.2) is 32.7 Å². The molecule has 0 atom stereocenters. The highest BCUT2D eigenvalue weighted by atomic mass is 35.5. The van der Waals surface area contributed by atoms with Gasteiger partial charge in [-0.25, -0.2) is 4.39 Å². The van der Waals surface area contributed by atoms with Crippen LogP contribution in [0.3, 0.4) is 0 Å². The van der Waals surface area contributed by atoms with Gasteiger partial charge in [0, 0.05) is 16.7 Å². The monoisotopic (exact) mass is 381 g/mol. The van der Waals surface area contributed by atoms with Crippen molar-refractivity contribution in [3.05, 3.63) is 52.8 Å². The Morgan fingerprint density at radius 3 is 2.58 bits per heavy atom. The highest BCUT2D eigenvalue weighted by Gasteiger charge is 2.15. The van der Waals surface area contributed by atoms with Crippen LogP contribution in [0.4, 0.5) is 10.1 Å². The molecular formula is C18H17ClFNO5. The number of carbonyl (C=O) groups is 2. The van der Waals surface area contributed by atoms with Crippen LogP contribution in [0, 0.1) is 5.82 Å². The molecule has 2 aromatic carbocycles. The van der Waals surface area contributed by atoms with Gasteiger partial charge in [0.15, 0.2) is 6.61 Å². The SMILES string of the molecule is COc1ccc(NC(=O)COC(=O)Cc2c(F)cccc2Cl)c(OC)c1. The summed E-state index contributed by atoms with van der Waals surface area (Å²) in [6, 6.07) is 8.93. The van der Waals surface area contributed by atoms with E-state index in [1.54, 1.807) is 18.2 Å². The summed E-state index contributed by atoms with van der Waals surface area (Å²) >= 11 is 5.85. The van der Waals surface area contributed by atoms with Crippen LogP contribution in [0.25, 0.3) is 0 Å². The first-order chi connectivity index (χ1) is 12.4. The maximum absolute atomic E-state index is 13.6. The molecule has 6 nitrogen and oxygen atoms in total. The lowest BCUT2D eigenvalue weighted by molar-refractivity contribution is -0.146. The van der Waals surface area contributed by atoms with Crippen LogP contribution in [0.1, 0.15) is 5.56 Å². The summed E-state index contributed by atoms with van der Waals surface area (Å²) in [5, 5.41) is 2.68. The standard InChI is InChI=1S/C18H17ClFNO5/c1-24-11-6-7-15(16(8-11)25-2)21-17(22)10-26-18(23)9-12-13(19)4-3-5-14(12)20/h3-8H,9-10H2,1-2H3,(H,21,22). The molecule has 2 aromatic rings. The number of esters is 1. The zero-order chi connectivity index (χ0) is 19.1. The molecule has 0 saturated heterocycles. The number of ether oxygens (including phenoxy) is 3. The van der Waals surface area contributed by atoms with Gasteiger partial charge in [0.05, 0.1) is 26.3 Å². The van der Waals surface area contributed by atoms with Crippen molar-refractivity contribution in [2.24, 2.45) is 0 Å². The number of hydrogen-bond acceptors (Lipinski definition) is 5. The Morgan fingerprint density at radius 1 is 1.15 bits per heavy atom. The molecule has 0 unspecified atom stereocenters.